The van der Waals surface area contributed by atoms with Gasteiger partial charge in [0.25, 0.3) is 5.56 Å². The Balaban J connectivity index is 0.000000557. The molecule has 0 bridgehead atoms. The maximum atomic E-state index is 11.3. The van der Waals surface area contributed by atoms with E-state index in [1.54, 1.807) is 0 Å². The summed E-state index contributed by atoms with van der Waals surface area (Å²) in [5, 5.41) is 0. The van der Waals surface area contributed by atoms with Gasteiger partial charge in [0.05, 0.1) is 17.6 Å². The fraction of sp³-hybridized carbons (Fsp3) is 0.571. The number of nitrogens with zero attached hydrogens (tertiary/aromatic N) is 1. The van der Waals surface area contributed by atoms with E-state index >= 15 is 0 Å². The first-order chi connectivity index (χ1) is 7.84. The van der Waals surface area contributed by atoms with Gasteiger partial charge in [0.15, 0.2) is 0 Å². The molecule has 96 valence electrons. The Kier molecular flexibility index (Phi) is 7.19. The van der Waals surface area contributed by atoms with Crippen molar-refractivity contribution in [2.75, 3.05) is 0 Å². The number of aromatic nitrogens is 2. The molecule has 0 saturated heterocycles. The quantitative estimate of drug-likeness (QED) is 0.855. The number of nitrogens with one attached hydrogen (secondary N) is 1. The molecule has 0 aliphatic carbocycles. The Hall–Kier alpha value is -1.38. The second-order valence-electron chi connectivity index (χ2n) is 5.07. The summed E-state index contributed by atoms with van der Waals surface area (Å²) in [5.74, 6) is 1.28. The lowest BCUT2D eigenvalue weighted by Gasteiger charge is -1.97. The van der Waals surface area contributed by atoms with Crippen LogP contribution in [-0.4, -0.2) is 9.97 Å². The average molecular weight is 236 g/mol. The maximum absolute atomic E-state index is 11.3. The van der Waals surface area contributed by atoms with E-state index in [1.807, 2.05) is 19.1 Å². The van der Waals surface area contributed by atoms with Crippen LogP contribution in [0.2, 0.25) is 0 Å². The smallest absolute Gasteiger partial charge is 0.258 e. The summed E-state index contributed by atoms with van der Waals surface area (Å²) in [6, 6.07) is 0. The largest absolute Gasteiger partial charge is 0.313 e. The molecule has 1 N–H and O–H groups in total. The molecule has 1 rings (SSSR count). The van der Waals surface area contributed by atoms with Gasteiger partial charge in [-0.25, -0.2) is 4.98 Å². The van der Waals surface area contributed by atoms with Crippen molar-refractivity contribution in [2.24, 2.45) is 11.8 Å². The van der Waals surface area contributed by atoms with Crippen LogP contribution >= 0.6 is 0 Å². The van der Waals surface area contributed by atoms with Gasteiger partial charge in [0.2, 0.25) is 0 Å². The molecular weight excluding hydrogens is 212 g/mol. The number of rotatable bonds is 2. The van der Waals surface area contributed by atoms with Gasteiger partial charge in [0.1, 0.15) is 0 Å². The van der Waals surface area contributed by atoms with Crippen LogP contribution in [0.25, 0.3) is 6.08 Å². The highest BCUT2D eigenvalue weighted by atomic mass is 16.1. The summed E-state index contributed by atoms with van der Waals surface area (Å²) < 4.78 is 0. The van der Waals surface area contributed by atoms with Gasteiger partial charge >= 0.3 is 0 Å². The van der Waals surface area contributed by atoms with Crippen molar-refractivity contribution in [3.63, 3.8) is 0 Å². The SMILES string of the molecule is CC(C)C.Cc1nc[nH]c(=O)c1/C=C\C(C)C. The number of aryl methyl sites for hydroxylation is 1. The standard InChI is InChI=1S/C10H14N2O.C4H10/c1-7(2)4-5-9-8(3)11-6-12-10(9)13;1-4(2)3/h4-7H,1-3H3,(H,11,12,13);4H,1-3H3/b5-4-;. The zero-order chi connectivity index (χ0) is 13.4. The van der Waals surface area contributed by atoms with Crippen molar-refractivity contribution < 1.29 is 0 Å². The van der Waals surface area contributed by atoms with Crippen LogP contribution in [0.1, 0.15) is 45.9 Å². The molecule has 1 aromatic heterocycles. The van der Waals surface area contributed by atoms with Crippen molar-refractivity contribution in [1.82, 2.24) is 9.97 Å². The molecule has 1 heterocycles. The zero-order valence-corrected chi connectivity index (χ0v) is 11.7. The van der Waals surface area contributed by atoms with Gasteiger partial charge in [-0.05, 0) is 18.8 Å². The fourth-order valence-corrected chi connectivity index (χ4v) is 0.984. The Morgan fingerprint density at radius 1 is 1.24 bits per heavy atom. The molecule has 17 heavy (non-hydrogen) atoms. The average Bonchev–Trinajstić information content (AvgIpc) is 2.15. The number of allylic oxidation sites excluding steroid dienone is 1. The van der Waals surface area contributed by atoms with Crippen LogP contribution in [0.5, 0.6) is 0 Å². The minimum Gasteiger partial charge on any atom is -0.313 e. The predicted octanol–water partition coefficient (Wildman–Crippen LogP) is 3.41. The van der Waals surface area contributed by atoms with E-state index in [0.29, 0.717) is 11.5 Å². The lowest BCUT2D eigenvalue weighted by atomic mass is 10.1. The maximum Gasteiger partial charge on any atom is 0.258 e. The fourth-order valence-electron chi connectivity index (χ4n) is 0.984. The van der Waals surface area contributed by atoms with E-state index < -0.39 is 0 Å². The molecule has 0 spiro atoms. The molecule has 0 aliphatic rings. The first-order valence-electron chi connectivity index (χ1n) is 6.07. The second-order valence-corrected chi connectivity index (χ2v) is 5.07. The van der Waals surface area contributed by atoms with Gasteiger partial charge in [-0.1, -0.05) is 46.8 Å². The molecule has 1 aromatic rings. The van der Waals surface area contributed by atoms with Crippen LogP contribution in [0, 0.1) is 18.8 Å². The lowest BCUT2D eigenvalue weighted by Crippen LogP contribution is -2.11. The summed E-state index contributed by atoms with van der Waals surface area (Å²) in [6.45, 7) is 12.5. The van der Waals surface area contributed by atoms with Gasteiger partial charge in [0, 0.05) is 0 Å². The van der Waals surface area contributed by atoms with Crippen molar-refractivity contribution in [1.29, 1.82) is 0 Å². The molecule has 0 radical (unpaired) electrons. The third-order valence-electron chi connectivity index (χ3n) is 1.74. The van der Waals surface area contributed by atoms with E-state index in [4.69, 9.17) is 0 Å². The summed E-state index contributed by atoms with van der Waals surface area (Å²) in [4.78, 5) is 17.9. The summed E-state index contributed by atoms with van der Waals surface area (Å²) in [5.41, 5.74) is 1.33. The molecule has 0 atom stereocenters. The first kappa shape index (κ1) is 15.6. The second kappa shape index (κ2) is 7.82. The summed E-state index contributed by atoms with van der Waals surface area (Å²) in [7, 11) is 0. The highest BCUT2D eigenvalue weighted by molar-refractivity contribution is 5.50. The summed E-state index contributed by atoms with van der Waals surface area (Å²) >= 11 is 0. The molecule has 0 saturated carbocycles. The van der Waals surface area contributed by atoms with E-state index in [9.17, 15) is 4.79 Å². The molecular formula is C14H24N2O. The van der Waals surface area contributed by atoms with Crippen molar-refractivity contribution >= 4 is 6.08 Å². The molecule has 0 aliphatic heterocycles. The van der Waals surface area contributed by atoms with Crippen molar-refractivity contribution in [3.8, 4) is 0 Å². The number of aromatic amines is 1. The van der Waals surface area contributed by atoms with Crippen LogP contribution < -0.4 is 5.56 Å². The van der Waals surface area contributed by atoms with Crippen molar-refractivity contribution in [3.05, 3.63) is 34.0 Å². The minimum absolute atomic E-state index is 0.0793. The van der Waals surface area contributed by atoms with E-state index in [-0.39, 0.29) is 5.56 Å². The number of hydrogen-bond donors (Lipinski definition) is 1. The Morgan fingerprint density at radius 2 is 1.76 bits per heavy atom. The minimum atomic E-state index is -0.0793. The molecule has 0 amide bonds. The van der Waals surface area contributed by atoms with Crippen LogP contribution in [-0.2, 0) is 0 Å². The monoisotopic (exact) mass is 236 g/mol. The Bertz CT molecular complexity index is 400. The predicted molar refractivity (Wildman–Crippen MR) is 74.0 cm³/mol. The van der Waals surface area contributed by atoms with Gasteiger partial charge in [-0.2, -0.15) is 0 Å². The van der Waals surface area contributed by atoms with E-state index in [1.165, 1.54) is 6.33 Å². The molecule has 3 nitrogen and oxygen atoms in total. The Labute approximate surface area is 104 Å². The molecule has 0 unspecified atom stereocenters. The summed E-state index contributed by atoms with van der Waals surface area (Å²) in [6.07, 6.45) is 5.23. The molecule has 0 fully saturated rings. The first-order valence-corrected chi connectivity index (χ1v) is 6.07. The van der Waals surface area contributed by atoms with Gasteiger partial charge < -0.3 is 4.98 Å². The zero-order valence-electron chi connectivity index (χ0n) is 11.7. The van der Waals surface area contributed by atoms with Crippen LogP contribution in [0.3, 0.4) is 0 Å². The van der Waals surface area contributed by atoms with E-state index in [2.05, 4.69) is 44.6 Å². The topological polar surface area (TPSA) is 45.8 Å². The third-order valence-corrected chi connectivity index (χ3v) is 1.74. The van der Waals surface area contributed by atoms with Gasteiger partial charge in [-0.3, -0.25) is 4.79 Å². The van der Waals surface area contributed by atoms with Crippen LogP contribution in [0.4, 0.5) is 0 Å². The van der Waals surface area contributed by atoms with E-state index in [0.717, 1.165) is 11.6 Å². The highest BCUT2D eigenvalue weighted by Crippen LogP contribution is 2.02. The highest BCUT2D eigenvalue weighted by Gasteiger charge is 1.99. The Morgan fingerprint density at radius 3 is 2.18 bits per heavy atom. The normalized spacial score (nSPS) is 10.8. The molecule has 0 aromatic carbocycles. The number of hydrogen-bond acceptors (Lipinski definition) is 2. The van der Waals surface area contributed by atoms with Crippen LogP contribution in [0.15, 0.2) is 17.2 Å². The lowest BCUT2D eigenvalue weighted by molar-refractivity contribution is 0.737. The van der Waals surface area contributed by atoms with Gasteiger partial charge in [-0.15, -0.1) is 0 Å². The third kappa shape index (κ3) is 7.50. The number of H-pyrrole nitrogens is 1. The van der Waals surface area contributed by atoms with Crippen molar-refractivity contribution in [2.45, 2.75) is 41.5 Å². The molecule has 3 heteroatoms.